The van der Waals surface area contributed by atoms with Gasteiger partial charge in [-0.25, -0.2) is 8.78 Å². The molecule has 0 aromatic heterocycles. The zero-order valence-electron chi connectivity index (χ0n) is 9.87. The molecule has 7 heteroatoms. The Kier molecular flexibility index (Phi) is 3.28. The first-order valence-corrected chi connectivity index (χ1v) is 5.50. The number of carbonyl (C=O) groups excluding carboxylic acids is 3. The average molecular weight is 268 g/mol. The minimum absolute atomic E-state index is 0.109. The highest BCUT2D eigenvalue weighted by molar-refractivity contribution is 6.17. The number of imide groups is 1. The van der Waals surface area contributed by atoms with E-state index in [1.165, 1.54) is 6.92 Å². The first kappa shape index (κ1) is 13.1. The summed E-state index contributed by atoms with van der Waals surface area (Å²) in [5.41, 5.74) is -0.109. The Morgan fingerprint density at radius 2 is 1.74 bits per heavy atom. The van der Waals surface area contributed by atoms with Crippen LogP contribution in [-0.2, 0) is 14.4 Å². The highest BCUT2D eigenvalue weighted by Gasteiger charge is 2.43. The van der Waals surface area contributed by atoms with Crippen LogP contribution in [0.3, 0.4) is 0 Å². The summed E-state index contributed by atoms with van der Waals surface area (Å²) in [5, 5.41) is 4.23. The molecule has 5 nitrogen and oxygen atoms in total. The van der Waals surface area contributed by atoms with Gasteiger partial charge in [0.05, 0.1) is 5.92 Å². The molecule has 1 saturated heterocycles. The lowest BCUT2D eigenvalue weighted by atomic mass is 9.96. The second-order valence-electron chi connectivity index (χ2n) is 4.27. The Balaban J connectivity index is 2.17. The number of anilines is 1. The molecule has 0 spiro atoms. The standard InChI is InChI=1S/C12H10F2N2O3/c1-5-9(12(19)16-10(5)17)11(18)15-8-3-6(13)2-7(14)4-8/h2-5,9H,1H3,(H,15,18)(H,16,17,19). The molecule has 2 N–H and O–H groups in total. The van der Waals surface area contributed by atoms with E-state index in [4.69, 9.17) is 0 Å². The third-order valence-electron chi connectivity index (χ3n) is 2.85. The first-order valence-electron chi connectivity index (χ1n) is 5.50. The van der Waals surface area contributed by atoms with Gasteiger partial charge in [0.2, 0.25) is 17.7 Å². The summed E-state index contributed by atoms with van der Waals surface area (Å²) in [6.45, 7) is 1.43. The van der Waals surface area contributed by atoms with E-state index >= 15 is 0 Å². The predicted molar refractivity (Wildman–Crippen MR) is 60.8 cm³/mol. The van der Waals surface area contributed by atoms with Gasteiger partial charge < -0.3 is 5.32 Å². The smallest absolute Gasteiger partial charge is 0.239 e. The summed E-state index contributed by atoms with van der Waals surface area (Å²) in [6.07, 6.45) is 0. The van der Waals surface area contributed by atoms with Gasteiger partial charge in [0.15, 0.2) is 0 Å². The molecule has 100 valence electrons. The zero-order chi connectivity index (χ0) is 14.2. The van der Waals surface area contributed by atoms with Crippen molar-refractivity contribution in [1.82, 2.24) is 5.32 Å². The van der Waals surface area contributed by atoms with Gasteiger partial charge in [-0.3, -0.25) is 19.7 Å². The highest BCUT2D eigenvalue weighted by Crippen LogP contribution is 2.21. The lowest BCUT2D eigenvalue weighted by Gasteiger charge is -2.11. The van der Waals surface area contributed by atoms with Crippen LogP contribution in [0.25, 0.3) is 0 Å². The average Bonchev–Trinajstić information content (AvgIpc) is 2.51. The van der Waals surface area contributed by atoms with Crippen molar-refractivity contribution in [3.05, 3.63) is 29.8 Å². The molecule has 1 aliphatic rings. The largest absolute Gasteiger partial charge is 0.325 e. The first-order chi connectivity index (χ1) is 8.88. The molecule has 0 saturated carbocycles. The Morgan fingerprint density at radius 1 is 1.16 bits per heavy atom. The van der Waals surface area contributed by atoms with E-state index in [9.17, 15) is 23.2 Å². The molecule has 1 fully saturated rings. The molecule has 1 aromatic carbocycles. The number of rotatable bonds is 2. The van der Waals surface area contributed by atoms with Crippen molar-refractivity contribution in [2.24, 2.45) is 11.8 Å². The molecule has 0 bridgehead atoms. The van der Waals surface area contributed by atoms with Crippen molar-refractivity contribution in [3.63, 3.8) is 0 Å². The fourth-order valence-electron chi connectivity index (χ4n) is 1.88. The number of benzene rings is 1. The van der Waals surface area contributed by atoms with Crippen molar-refractivity contribution in [1.29, 1.82) is 0 Å². The van der Waals surface area contributed by atoms with Crippen LogP contribution in [0, 0.1) is 23.5 Å². The van der Waals surface area contributed by atoms with Gasteiger partial charge in [-0.05, 0) is 12.1 Å². The van der Waals surface area contributed by atoms with Gasteiger partial charge in [-0.2, -0.15) is 0 Å². The Labute approximate surface area is 107 Å². The summed E-state index contributed by atoms with van der Waals surface area (Å²) < 4.78 is 25.9. The third-order valence-corrected chi connectivity index (χ3v) is 2.85. The zero-order valence-corrected chi connectivity index (χ0v) is 9.87. The van der Waals surface area contributed by atoms with Crippen LogP contribution in [0.2, 0.25) is 0 Å². The SMILES string of the molecule is CC1C(=O)NC(=O)C1C(=O)Nc1cc(F)cc(F)c1. The van der Waals surface area contributed by atoms with Crippen molar-refractivity contribution in [3.8, 4) is 0 Å². The van der Waals surface area contributed by atoms with Crippen LogP contribution in [0.5, 0.6) is 0 Å². The predicted octanol–water partition coefficient (Wildman–Crippen LogP) is 0.812. The van der Waals surface area contributed by atoms with Crippen molar-refractivity contribution >= 4 is 23.4 Å². The van der Waals surface area contributed by atoms with Crippen LogP contribution in [0.1, 0.15) is 6.92 Å². The quantitative estimate of drug-likeness (QED) is 0.615. The molecular formula is C12H10F2N2O3. The van der Waals surface area contributed by atoms with Crippen molar-refractivity contribution in [2.45, 2.75) is 6.92 Å². The summed E-state index contributed by atoms with van der Waals surface area (Å²) in [5.74, 6) is -5.75. The van der Waals surface area contributed by atoms with E-state index in [1.807, 2.05) is 5.32 Å². The topological polar surface area (TPSA) is 75.3 Å². The molecular weight excluding hydrogens is 258 g/mol. The molecule has 2 rings (SSSR count). The monoisotopic (exact) mass is 268 g/mol. The third kappa shape index (κ3) is 2.59. The molecule has 1 heterocycles. The van der Waals surface area contributed by atoms with Gasteiger partial charge in [-0.15, -0.1) is 0 Å². The second-order valence-corrected chi connectivity index (χ2v) is 4.27. The maximum atomic E-state index is 12.9. The lowest BCUT2D eigenvalue weighted by Crippen LogP contribution is -2.32. The number of amides is 3. The summed E-state index contributed by atoms with van der Waals surface area (Å²) in [6, 6.07) is 2.49. The van der Waals surface area contributed by atoms with E-state index < -0.39 is 41.2 Å². The molecule has 2 unspecified atom stereocenters. The fourth-order valence-corrected chi connectivity index (χ4v) is 1.88. The number of hydrogen-bond acceptors (Lipinski definition) is 3. The van der Waals surface area contributed by atoms with Crippen molar-refractivity contribution in [2.75, 3.05) is 5.32 Å². The lowest BCUT2D eigenvalue weighted by molar-refractivity contribution is -0.131. The number of nitrogens with one attached hydrogen (secondary N) is 2. The van der Waals surface area contributed by atoms with E-state index in [0.29, 0.717) is 6.07 Å². The van der Waals surface area contributed by atoms with Crippen molar-refractivity contribution < 1.29 is 23.2 Å². The highest BCUT2D eigenvalue weighted by atomic mass is 19.1. The van der Waals surface area contributed by atoms with Crippen LogP contribution >= 0.6 is 0 Å². The molecule has 3 amide bonds. The maximum Gasteiger partial charge on any atom is 0.239 e. The minimum atomic E-state index is -1.20. The number of halogens is 2. The summed E-state index contributed by atoms with van der Waals surface area (Å²) >= 11 is 0. The van der Waals surface area contributed by atoms with Gasteiger partial charge >= 0.3 is 0 Å². The number of carbonyl (C=O) groups is 3. The molecule has 0 radical (unpaired) electrons. The van der Waals surface area contributed by atoms with Crippen LogP contribution < -0.4 is 10.6 Å². The van der Waals surface area contributed by atoms with Gasteiger partial charge in [0.1, 0.15) is 17.6 Å². The number of hydrogen-bond donors (Lipinski definition) is 2. The Hall–Kier alpha value is -2.31. The molecule has 1 aromatic rings. The van der Waals surface area contributed by atoms with Crippen LogP contribution in [0.4, 0.5) is 14.5 Å². The normalized spacial score (nSPS) is 22.3. The molecule has 0 aliphatic carbocycles. The molecule has 19 heavy (non-hydrogen) atoms. The van der Waals surface area contributed by atoms with E-state index in [-0.39, 0.29) is 5.69 Å². The Morgan fingerprint density at radius 3 is 2.21 bits per heavy atom. The van der Waals surface area contributed by atoms with E-state index in [1.54, 1.807) is 0 Å². The second kappa shape index (κ2) is 4.75. The molecule has 1 aliphatic heterocycles. The summed E-state index contributed by atoms with van der Waals surface area (Å²) in [4.78, 5) is 34.5. The fraction of sp³-hybridized carbons (Fsp3) is 0.250. The van der Waals surface area contributed by atoms with E-state index in [2.05, 4.69) is 5.32 Å². The van der Waals surface area contributed by atoms with Crippen LogP contribution in [-0.4, -0.2) is 17.7 Å². The molecule has 2 atom stereocenters. The summed E-state index contributed by atoms with van der Waals surface area (Å²) in [7, 11) is 0. The van der Waals surface area contributed by atoms with Gasteiger partial charge in [-0.1, -0.05) is 6.92 Å². The Bertz CT molecular complexity index is 554. The minimum Gasteiger partial charge on any atom is -0.325 e. The van der Waals surface area contributed by atoms with Crippen LogP contribution in [0.15, 0.2) is 18.2 Å². The van der Waals surface area contributed by atoms with Gasteiger partial charge in [0.25, 0.3) is 0 Å². The van der Waals surface area contributed by atoms with Gasteiger partial charge in [0, 0.05) is 11.8 Å². The maximum absolute atomic E-state index is 12.9. The van der Waals surface area contributed by atoms with E-state index in [0.717, 1.165) is 12.1 Å².